The van der Waals surface area contributed by atoms with Gasteiger partial charge in [0.1, 0.15) is 0 Å². The Labute approximate surface area is 553 Å². The summed E-state index contributed by atoms with van der Waals surface area (Å²) in [5.74, 6) is 0.00490. The first-order valence-corrected chi connectivity index (χ1v) is 41.3. The smallest absolute Gasteiger partial charge is 0.305 e. The van der Waals surface area contributed by atoms with Crippen LogP contribution in [-0.4, -0.2) is 47.4 Å². The van der Waals surface area contributed by atoms with Crippen LogP contribution in [0.2, 0.25) is 0 Å². The van der Waals surface area contributed by atoms with Crippen molar-refractivity contribution >= 4 is 11.9 Å². The number of aliphatic hydroxyl groups excluding tert-OH is 2. The molecule has 2 atom stereocenters. The van der Waals surface area contributed by atoms with Crippen LogP contribution in [0.4, 0.5) is 0 Å². The van der Waals surface area contributed by atoms with Gasteiger partial charge in [-0.1, -0.05) is 450 Å². The number of carbonyl (C=O) groups is 2. The van der Waals surface area contributed by atoms with Crippen LogP contribution in [-0.2, 0) is 14.3 Å². The summed E-state index contributed by atoms with van der Waals surface area (Å²) in [5.41, 5.74) is 0. The van der Waals surface area contributed by atoms with Crippen molar-refractivity contribution in [1.82, 2.24) is 5.32 Å². The molecule has 0 aromatic rings. The zero-order chi connectivity index (χ0) is 63.5. The Morgan fingerprint density at radius 1 is 0.273 bits per heavy atom. The second-order valence-corrected chi connectivity index (χ2v) is 28.8. The Kier molecular flexibility index (Phi) is 77.3. The summed E-state index contributed by atoms with van der Waals surface area (Å²) in [5, 5.41) is 23.4. The fourth-order valence-corrected chi connectivity index (χ4v) is 13.6. The minimum Gasteiger partial charge on any atom is -0.466 e. The van der Waals surface area contributed by atoms with Gasteiger partial charge in [0.2, 0.25) is 5.91 Å². The van der Waals surface area contributed by atoms with Gasteiger partial charge in [-0.2, -0.15) is 0 Å². The second kappa shape index (κ2) is 78.3. The highest BCUT2D eigenvalue weighted by molar-refractivity contribution is 5.76. The molecule has 0 aromatic heterocycles. The monoisotopic (exact) mass is 1240 g/mol. The minimum absolute atomic E-state index is 0.0244. The lowest BCUT2D eigenvalue weighted by molar-refractivity contribution is -0.143. The molecule has 0 aliphatic carbocycles. The van der Waals surface area contributed by atoms with Crippen molar-refractivity contribution in [2.75, 3.05) is 13.2 Å². The van der Waals surface area contributed by atoms with Gasteiger partial charge >= 0.3 is 5.97 Å². The van der Waals surface area contributed by atoms with E-state index in [4.69, 9.17) is 4.74 Å². The number of hydrogen-bond donors (Lipinski definition) is 3. The van der Waals surface area contributed by atoms with E-state index in [1.165, 1.54) is 417 Å². The molecule has 0 bridgehead atoms. The molecule has 0 heterocycles. The van der Waals surface area contributed by atoms with E-state index in [1.807, 2.05) is 0 Å². The molecule has 88 heavy (non-hydrogen) atoms. The highest BCUT2D eigenvalue weighted by atomic mass is 16.5. The maximum atomic E-state index is 12.5. The highest BCUT2D eigenvalue weighted by Crippen LogP contribution is 2.21. The molecule has 3 N–H and O–H groups in total. The van der Waals surface area contributed by atoms with Gasteiger partial charge in [0, 0.05) is 12.8 Å². The average molecular weight is 1240 g/mol. The normalized spacial score (nSPS) is 12.4. The van der Waals surface area contributed by atoms with Crippen LogP contribution in [0.15, 0.2) is 0 Å². The molecule has 0 spiro atoms. The van der Waals surface area contributed by atoms with Crippen molar-refractivity contribution in [2.24, 2.45) is 0 Å². The van der Waals surface area contributed by atoms with E-state index in [0.717, 1.165) is 38.5 Å². The van der Waals surface area contributed by atoms with Gasteiger partial charge in [-0.05, 0) is 25.7 Å². The van der Waals surface area contributed by atoms with Crippen molar-refractivity contribution in [3.05, 3.63) is 0 Å². The quantitative estimate of drug-likeness (QED) is 0.0417. The SMILES string of the molecule is CCCCCCCCCCCCCCCCCCCCC(=O)OCCCCCCCCCCCCCCCCCCCCCCCCCCCCCCCCCCCCCCCC(=O)NC(CO)C(O)CCCCCCCCCCCCCCCCCC. The van der Waals surface area contributed by atoms with Crippen LogP contribution in [0, 0.1) is 0 Å². The molecule has 0 aromatic carbocycles. The Bertz CT molecular complexity index is 1290. The van der Waals surface area contributed by atoms with Crippen molar-refractivity contribution in [3.8, 4) is 0 Å². The Morgan fingerprint density at radius 3 is 0.693 bits per heavy atom. The summed E-state index contributed by atoms with van der Waals surface area (Å²) >= 11 is 0. The molecule has 0 aliphatic rings. The molecular formula is C82H163NO5. The van der Waals surface area contributed by atoms with Crippen molar-refractivity contribution in [2.45, 2.75) is 501 Å². The number of rotatable bonds is 79. The fraction of sp³-hybridized carbons (Fsp3) is 0.976. The largest absolute Gasteiger partial charge is 0.466 e. The van der Waals surface area contributed by atoms with Gasteiger partial charge in [0.15, 0.2) is 0 Å². The van der Waals surface area contributed by atoms with Gasteiger partial charge in [-0.25, -0.2) is 0 Å². The summed E-state index contributed by atoms with van der Waals surface area (Å²) in [6.45, 7) is 5.02. The molecule has 526 valence electrons. The minimum atomic E-state index is -0.659. The Hall–Kier alpha value is -1.14. The zero-order valence-electron chi connectivity index (χ0n) is 60.5. The Balaban J connectivity index is 3.27. The van der Waals surface area contributed by atoms with E-state index in [1.54, 1.807) is 0 Å². The molecular weight excluding hydrogens is 1080 g/mol. The lowest BCUT2D eigenvalue weighted by Gasteiger charge is -2.22. The molecule has 0 saturated heterocycles. The van der Waals surface area contributed by atoms with Crippen LogP contribution < -0.4 is 5.32 Å². The second-order valence-electron chi connectivity index (χ2n) is 28.8. The summed E-state index contributed by atoms with van der Waals surface area (Å²) < 4.78 is 5.52. The van der Waals surface area contributed by atoms with E-state index in [2.05, 4.69) is 19.2 Å². The van der Waals surface area contributed by atoms with Crippen molar-refractivity contribution in [3.63, 3.8) is 0 Å². The molecule has 0 aliphatic heterocycles. The van der Waals surface area contributed by atoms with Gasteiger partial charge in [0.25, 0.3) is 0 Å². The molecule has 0 saturated carbocycles. The lowest BCUT2D eigenvalue weighted by atomic mass is 10.0. The van der Waals surface area contributed by atoms with Gasteiger partial charge in [-0.3, -0.25) is 9.59 Å². The third-order valence-corrected chi connectivity index (χ3v) is 19.9. The molecule has 1 amide bonds. The maximum absolute atomic E-state index is 12.5. The Morgan fingerprint density at radius 2 is 0.466 bits per heavy atom. The number of aliphatic hydroxyl groups is 2. The van der Waals surface area contributed by atoms with Crippen molar-refractivity contribution in [1.29, 1.82) is 0 Å². The van der Waals surface area contributed by atoms with Crippen LogP contribution in [0.3, 0.4) is 0 Å². The molecule has 6 nitrogen and oxygen atoms in total. The maximum Gasteiger partial charge on any atom is 0.305 e. The third kappa shape index (κ3) is 73.9. The number of esters is 1. The predicted molar refractivity (Wildman–Crippen MR) is 389 cm³/mol. The number of unbranched alkanes of at least 4 members (excludes halogenated alkanes) is 68. The number of nitrogens with one attached hydrogen (secondary N) is 1. The third-order valence-electron chi connectivity index (χ3n) is 19.9. The molecule has 0 fully saturated rings. The van der Waals surface area contributed by atoms with E-state index in [0.29, 0.717) is 25.9 Å². The standard InChI is InChI=1S/C82H163NO5/c1-3-5-7-9-11-13-15-17-19-21-44-48-52-56-60-64-68-72-76-82(87)88-77-73-69-65-61-57-53-49-45-42-40-38-36-34-32-30-28-26-24-22-23-25-27-29-31-33-35-37-39-41-43-47-51-55-59-63-67-71-75-81(86)83-79(78-84)80(85)74-70-66-62-58-54-50-46-20-18-16-14-12-10-8-6-4-2/h79-80,84-85H,3-78H2,1-2H3,(H,83,86). The summed E-state index contributed by atoms with van der Waals surface area (Å²) in [6, 6.07) is -0.536. The zero-order valence-corrected chi connectivity index (χ0v) is 60.5. The fourth-order valence-electron chi connectivity index (χ4n) is 13.6. The van der Waals surface area contributed by atoms with Crippen LogP contribution in [0.25, 0.3) is 0 Å². The number of amides is 1. The molecule has 0 radical (unpaired) electrons. The van der Waals surface area contributed by atoms with Crippen molar-refractivity contribution < 1.29 is 24.5 Å². The molecule has 0 rings (SSSR count). The van der Waals surface area contributed by atoms with Gasteiger partial charge < -0.3 is 20.3 Å². The molecule has 2 unspecified atom stereocenters. The summed E-state index contributed by atoms with van der Waals surface area (Å²) in [6.07, 6.45) is 97.9. The first-order valence-electron chi connectivity index (χ1n) is 41.3. The number of hydrogen-bond acceptors (Lipinski definition) is 5. The van der Waals surface area contributed by atoms with Gasteiger partial charge in [-0.15, -0.1) is 0 Å². The van der Waals surface area contributed by atoms with Crippen LogP contribution in [0.5, 0.6) is 0 Å². The first kappa shape index (κ1) is 86.9. The highest BCUT2D eigenvalue weighted by Gasteiger charge is 2.20. The van der Waals surface area contributed by atoms with E-state index >= 15 is 0 Å². The van der Waals surface area contributed by atoms with E-state index in [-0.39, 0.29) is 18.5 Å². The number of carbonyl (C=O) groups excluding carboxylic acids is 2. The van der Waals surface area contributed by atoms with Gasteiger partial charge in [0.05, 0.1) is 25.4 Å². The van der Waals surface area contributed by atoms with E-state index < -0.39 is 12.1 Å². The first-order chi connectivity index (χ1) is 43.5. The lowest BCUT2D eigenvalue weighted by Crippen LogP contribution is -2.45. The average Bonchev–Trinajstić information content (AvgIpc) is 3.59. The van der Waals surface area contributed by atoms with Crippen LogP contribution >= 0.6 is 0 Å². The topological polar surface area (TPSA) is 95.9 Å². The molecule has 6 heteroatoms. The van der Waals surface area contributed by atoms with Crippen LogP contribution in [0.1, 0.15) is 489 Å². The predicted octanol–water partition coefficient (Wildman–Crippen LogP) is 27.3. The van der Waals surface area contributed by atoms with E-state index in [9.17, 15) is 19.8 Å². The number of ether oxygens (including phenoxy) is 1. The summed E-state index contributed by atoms with van der Waals surface area (Å²) in [7, 11) is 0. The summed E-state index contributed by atoms with van der Waals surface area (Å²) in [4.78, 5) is 24.7.